The maximum Gasteiger partial charge on any atom is 0.251 e. The monoisotopic (exact) mass is 311 g/mol. The van der Waals surface area contributed by atoms with E-state index in [0.717, 1.165) is 6.54 Å². The van der Waals surface area contributed by atoms with Gasteiger partial charge in [-0.2, -0.15) is 0 Å². The van der Waals surface area contributed by atoms with Crippen LogP contribution in [0.25, 0.3) is 0 Å². The van der Waals surface area contributed by atoms with E-state index < -0.39 is 0 Å². The largest absolute Gasteiger partial charge is 0.375 e. The number of carbonyl (C=O) groups is 2. The van der Waals surface area contributed by atoms with Crippen molar-refractivity contribution in [2.75, 3.05) is 32.1 Å². The highest BCUT2D eigenvalue weighted by Gasteiger charge is 2.18. The van der Waals surface area contributed by atoms with Crippen molar-refractivity contribution in [1.82, 2.24) is 10.6 Å². The summed E-state index contributed by atoms with van der Waals surface area (Å²) in [6.45, 7) is 2.06. The normalized spacial score (nSPS) is 18.1. The Balaban J connectivity index is 2.00. The predicted octanol–water partition coefficient (Wildman–Crippen LogP) is 1.02. The Labute approximate surface area is 128 Å². The van der Waals surface area contributed by atoms with Gasteiger partial charge in [-0.25, -0.2) is 0 Å². The van der Waals surface area contributed by atoms with Gasteiger partial charge < -0.3 is 20.7 Å². The summed E-state index contributed by atoms with van der Waals surface area (Å²) >= 11 is 6.04. The molecule has 0 aliphatic carbocycles. The Kier molecular flexibility index (Phi) is 5.55. The van der Waals surface area contributed by atoms with Crippen LogP contribution < -0.4 is 16.0 Å². The number of nitrogens with one attached hydrogen (secondary N) is 3. The van der Waals surface area contributed by atoms with Crippen LogP contribution in [0.1, 0.15) is 16.8 Å². The third kappa shape index (κ3) is 4.42. The first kappa shape index (κ1) is 15.8. The van der Waals surface area contributed by atoms with Crippen molar-refractivity contribution in [1.29, 1.82) is 0 Å². The minimum atomic E-state index is -0.234. The summed E-state index contributed by atoms with van der Waals surface area (Å²) < 4.78 is 5.48. The molecule has 0 radical (unpaired) electrons. The van der Waals surface area contributed by atoms with Gasteiger partial charge in [0.25, 0.3) is 5.91 Å². The Morgan fingerprint density at radius 1 is 1.48 bits per heavy atom. The minimum Gasteiger partial charge on any atom is -0.375 e. The van der Waals surface area contributed by atoms with Crippen LogP contribution >= 0.6 is 11.6 Å². The van der Waals surface area contributed by atoms with Crippen molar-refractivity contribution in [3.8, 4) is 0 Å². The highest BCUT2D eigenvalue weighted by Crippen LogP contribution is 2.23. The minimum absolute atomic E-state index is 0.139. The fraction of sp³-hybridized carbons (Fsp3) is 0.429. The maximum absolute atomic E-state index is 12.0. The Hall–Kier alpha value is -1.63. The molecular weight excluding hydrogens is 294 g/mol. The first-order chi connectivity index (χ1) is 10.1. The van der Waals surface area contributed by atoms with E-state index in [0.29, 0.717) is 29.4 Å². The molecule has 1 fully saturated rings. The molecule has 2 amide bonds. The van der Waals surface area contributed by atoms with E-state index in [4.69, 9.17) is 16.3 Å². The number of hydrogen-bond donors (Lipinski definition) is 3. The molecule has 3 N–H and O–H groups in total. The molecule has 6 nitrogen and oxygen atoms in total. The molecule has 7 heteroatoms. The van der Waals surface area contributed by atoms with E-state index in [1.165, 1.54) is 0 Å². The van der Waals surface area contributed by atoms with Gasteiger partial charge in [0.05, 0.1) is 29.8 Å². The fourth-order valence-corrected chi connectivity index (χ4v) is 2.23. The number of rotatable bonds is 4. The van der Waals surface area contributed by atoms with Crippen LogP contribution in [0.4, 0.5) is 5.69 Å². The number of amides is 2. The molecule has 1 saturated heterocycles. The van der Waals surface area contributed by atoms with Gasteiger partial charge in [-0.3, -0.25) is 9.59 Å². The fourth-order valence-electron chi connectivity index (χ4n) is 2.07. The van der Waals surface area contributed by atoms with Crippen LogP contribution in [-0.4, -0.2) is 44.7 Å². The van der Waals surface area contributed by atoms with Crippen LogP contribution in [-0.2, 0) is 9.53 Å². The second kappa shape index (κ2) is 7.40. The average molecular weight is 312 g/mol. The molecule has 2 rings (SSSR count). The number of ether oxygens (including phenoxy) is 1. The highest BCUT2D eigenvalue weighted by molar-refractivity contribution is 6.33. The first-order valence-electron chi connectivity index (χ1n) is 6.74. The number of benzene rings is 1. The zero-order valence-corrected chi connectivity index (χ0v) is 12.5. The summed E-state index contributed by atoms with van der Waals surface area (Å²) in [4.78, 5) is 23.6. The van der Waals surface area contributed by atoms with E-state index in [9.17, 15) is 9.59 Å². The van der Waals surface area contributed by atoms with Gasteiger partial charge in [-0.15, -0.1) is 0 Å². The van der Waals surface area contributed by atoms with Gasteiger partial charge in [0.15, 0.2) is 0 Å². The van der Waals surface area contributed by atoms with Crippen LogP contribution in [0, 0.1) is 0 Å². The first-order valence-corrected chi connectivity index (χ1v) is 7.11. The van der Waals surface area contributed by atoms with Crippen LogP contribution in [0.2, 0.25) is 5.02 Å². The van der Waals surface area contributed by atoms with Crippen LogP contribution in [0.3, 0.4) is 0 Å². The second-order valence-electron chi connectivity index (χ2n) is 4.72. The van der Waals surface area contributed by atoms with Gasteiger partial charge in [0, 0.05) is 25.7 Å². The van der Waals surface area contributed by atoms with Gasteiger partial charge in [0.1, 0.15) is 0 Å². The standard InChI is InChI=1S/C14H18ClN3O3/c1-16-14(20)9-2-3-11(15)12(6-9)18-13(19)7-10-8-17-4-5-21-10/h2-3,6,10,17H,4-5,7-8H2,1H3,(H,16,20)(H,18,19). The van der Waals surface area contributed by atoms with Crippen molar-refractivity contribution in [2.45, 2.75) is 12.5 Å². The van der Waals surface area contributed by atoms with Gasteiger partial charge in [-0.1, -0.05) is 11.6 Å². The quantitative estimate of drug-likeness (QED) is 0.775. The van der Waals surface area contributed by atoms with E-state index in [-0.39, 0.29) is 24.3 Å². The van der Waals surface area contributed by atoms with Crippen LogP contribution in [0.5, 0.6) is 0 Å². The predicted molar refractivity (Wildman–Crippen MR) is 80.7 cm³/mol. The molecule has 1 aromatic rings. The van der Waals surface area contributed by atoms with Crippen LogP contribution in [0.15, 0.2) is 18.2 Å². The third-order valence-electron chi connectivity index (χ3n) is 3.15. The second-order valence-corrected chi connectivity index (χ2v) is 5.13. The Morgan fingerprint density at radius 2 is 2.29 bits per heavy atom. The zero-order valence-electron chi connectivity index (χ0n) is 11.7. The summed E-state index contributed by atoms with van der Waals surface area (Å²) in [7, 11) is 1.54. The Bertz CT molecular complexity index is 530. The lowest BCUT2D eigenvalue weighted by Gasteiger charge is -2.23. The van der Waals surface area contributed by atoms with Crippen molar-refractivity contribution in [3.05, 3.63) is 28.8 Å². The number of anilines is 1. The molecule has 0 spiro atoms. The summed E-state index contributed by atoms with van der Waals surface area (Å²) in [5, 5.41) is 8.79. The van der Waals surface area contributed by atoms with Crippen molar-refractivity contribution in [3.63, 3.8) is 0 Å². The lowest BCUT2D eigenvalue weighted by Crippen LogP contribution is -2.40. The number of halogens is 1. The SMILES string of the molecule is CNC(=O)c1ccc(Cl)c(NC(=O)CC2CNCCO2)c1. The Morgan fingerprint density at radius 3 is 2.95 bits per heavy atom. The molecule has 0 bridgehead atoms. The molecule has 1 aromatic carbocycles. The maximum atomic E-state index is 12.0. The van der Waals surface area contributed by atoms with Gasteiger partial charge >= 0.3 is 0 Å². The molecule has 1 heterocycles. The molecule has 1 aliphatic rings. The highest BCUT2D eigenvalue weighted by atomic mass is 35.5. The number of morpholine rings is 1. The van der Waals surface area contributed by atoms with Crippen molar-refractivity contribution >= 4 is 29.1 Å². The summed E-state index contributed by atoms with van der Waals surface area (Å²) in [5.41, 5.74) is 0.860. The molecule has 1 unspecified atom stereocenters. The number of carbonyl (C=O) groups excluding carboxylic acids is 2. The summed E-state index contributed by atoms with van der Waals surface area (Å²) in [6, 6.07) is 4.74. The average Bonchev–Trinajstić information content (AvgIpc) is 2.49. The van der Waals surface area contributed by atoms with Gasteiger partial charge in [0.2, 0.25) is 5.91 Å². The molecule has 114 valence electrons. The molecule has 1 atom stereocenters. The van der Waals surface area contributed by atoms with E-state index in [1.54, 1.807) is 25.2 Å². The number of hydrogen-bond acceptors (Lipinski definition) is 4. The smallest absolute Gasteiger partial charge is 0.251 e. The van der Waals surface area contributed by atoms with Gasteiger partial charge in [-0.05, 0) is 18.2 Å². The molecule has 0 saturated carbocycles. The molecule has 0 aromatic heterocycles. The summed E-state index contributed by atoms with van der Waals surface area (Å²) in [6.07, 6.45) is 0.104. The van der Waals surface area contributed by atoms with Crippen molar-refractivity contribution < 1.29 is 14.3 Å². The molecule has 1 aliphatic heterocycles. The van der Waals surface area contributed by atoms with E-state index in [2.05, 4.69) is 16.0 Å². The molecular formula is C14H18ClN3O3. The van der Waals surface area contributed by atoms with E-state index in [1.807, 2.05) is 0 Å². The topological polar surface area (TPSA) is 79.5 Å². The zero-order chi connectivity index (χ0) is 15.2. The lowest BCUT2D eigenvalue weighted by atomic mass is 10.1. The molecule has 21 heavy (non-hydrogen) atoms. The summed E-state index contributed by atoms with van der Waals surface area (Å²) in [5.74, 6) is -0.429. The van der Waals surface area contributed by atoms with Crippen molar-refractivity contribution in [2.24, 2.45) is 0 Å². The van der Waals surface area contributed by atoms with E-state index >= 15 is 0 Å². The lowest BCUT2D eigenvalue weighted by molar-refractivity contribution is -0.119. The third-order valence-corrected chi connectivity index (χ3v) is 3.48.